The highest BCUT2D eigenvalue weighted by Gasteiger charge is 2.65. The van der Waals surface area contributed by atoms with Crippen LogP contribution in [0.15, 0.2) is 0 Å². The number of halogens is 3. The van der Waals surface area contributed by atoms with Crippen LogP contribution in [-0.2, 0) is 0 Å². The molecule has 76 valence electrons. The van der Waals surface area contributed by atoms with Gasteiger partial charge in [-0.25, -0.2) is 4.79 Å². The van der Waals surface area contributed by atoms with Crippen LogP contribution in [-0.4, -0.2) is 29.2 Å². The summed E-state index contributed by atoms with van der Waals surface area (Å²) in [6.45, 7) is 2.52. The number of hydrogen-bond acceptors (Lipinski definition) is 1. The molecule has 0 saturated carbocycles. The fourth-order valence-electron chi connectivity index (χ4n) is 1.55. The molecule has 0 aromatic heterocycles. The van der Waals surface area contributed by atoms with Gasteiger partial charge in [0.25, 0.3) is 0 Å². The van der Waals surface area contributed by atoms with Crippen molar-refractivity contribution in [2.45, 2.75) is 25.6 Å². The molecular formula is C7H11F3N2O. The van der Waals surface area contributed by atoms with Gasteiger partial charge in [0.15, 0.2) is 0 Å². The third-order valence-electron chi connectivity index (χ3n) is 2.82. The first-order valence-corrected chi connectivity index (χ1v) is 3.85. The first-order valence-electron chi connectivity index (χ1n) is 3.85. The lowest BCUT2D eigenvalue weighted by atomic mass is 9.76. The number of urea groups is 1. The van der Waals surface area contributed by atoms with Gasteiger partial charge in [-0.1, -0.05) is 6.92 Å². The SMILES string of the molecule is CC1CN(C(N)=O)C1(C)C(F)(F)F. The maximum Gasteiger partial charge on any atom is 0.411 e. The van der Waals surface area contributed by atoms with E-state index in [1.165, 1.54) is 6.92 Å². The Kier molecular flexibility index (Phi) is 1.97. The van der Waals surface area contributed by atoms with Gasteiger partial charge in [0, 0.05) is 12.5 Å². The molecule has 1 rings (SSSR count). The molecule has 1 aliphatic rings. The fourth-order valence-corrected chi connectivity index (χ4v) is 1.55. The number of nitrogens with two attached hydrogens (primary N) is 1. The van der Waals surface area contributed by atoms with E-state index < -0.39 is 23.7 Å². The van der Waals surface area contributed by atoms with Gasteiger partial charge in [-0.15, -0.1) is 0 Å². The molecule has 0 radical (unpaired) electrons. The van der Waals surface area contributed by atoms with E-state index in [9.17, 15) is 18.0 Å². The second-order valence-electron chi connectivity index (χ2n) is 3.50. The Hall–Kier alpha value is -0.940. The zero-order chi connectivity index (χ0) is 10.4. The summed E-state index contributed by atoms with van der Waals surface area (Å²) in [5.41, 5.74) is 2.73. The third-order valence-corrected chi connectivity index (χ3v) is 2.82. The van der Waals surface area contributed by atoms with E-state index >= 15 is 0 Å². The molecule has 1 fully saturated rings. The molecule has 6 heteroatoms. The number of amides is 2. The van der Waals surface area contributed by atoms with Gasteiger partial charge >= 0.3 is 12.2 Å². The van der Waals surface area contributed by atoms with Gasteiger partial charge in [0.1, 0.15) is 5.54 Å². The van der Waals surface area contributed by atoms with Crippen molar-refractivity contribution in [1.29, 1.82) is 0 Å². The number of rotatable bonds is 0. The Balaban J connectivity index is 2.93. The summed E-state index contributed by atoms with van der Waals surface area (Å²) >= 11 is 0. The molecular weight excluding hydrogens is 185 g/mol. The molecule has 0 aromatic carbocycles. The first-order chi connectivity index (χ1) is 5.71. The Morgan fingerprint density at radius 2 is 2.08 bits per heavy atom. The summed E-state index contributed by atoms with van der Waals surface area (Å²) in [7, 11) is 0. The minimum atomic E-state index is -4.42. The van der Waals surface area contributed by atoms with E-state index in [2.05, 4.69) is 0 Å². The van der Waals surface area contributed by atoms with Crippen LogP contribution in [0.3, 0.4) is 0 Å². The van der Waals surface area contributed by atoms with Crippen molar-refractivity contribution < 1.29 is 18.0 Å². The van der Waals surface area contributed by atoms with Gasteiger partial charge in [-0.05, 0) is 6.92 Å². The lowest BCUT2D eigenvalue weighted by molar-refractivity contribution is -0.266. The predicted octanol–water partition coefficient (Wildman–Crippen LogP) is 1.34. The summed E-state index contributed by atoms with van der Waals surface area (Å²) < 4.78 is 37.5. The van der Waals surface area contributed by atoms with Gasteiger partial charge in [-0.3, -0.25) is 0 Å². The standard InChI is InChI=1S/C7H11F3N2O/c1-4-3-12(5(11)13)6(4,2)7(8,9)10/h4H,3H2,1-2H3,(H2,11,13). The Labute approximate surface area is 73.7 Å². The highest BCUT2D eigenvalue weighted by Crippen LogP contribution is 2.47. The second kappa shape index (κ2) is 2.52. The van der Waals surface area contributed by atoms with Crippen molar-refractivity contribution >= 4 is 6.03 Å². The number of nitrogens with zero attached hydrogens (tertiary/aromatic N) is 1. The minimum Gasteiger partial charge on any atom is -0.351 e. The third kappa shape index (κ3) is 1.15. The van der Waals surface area contributed by atoms with Gasteiger partial charge in [0.05, 0.1) is 0 Å². The average Bonchev–Trinajstić information content (AvgIpc) is 1.95. The summed E-state index contributed by atoms with van der Waals surface area (Å²) in [4.78, 5) is 11.3. The number of alkyl halides is 3. The van der Waals surface area contributed by atoms with E-state index in [1.54, 1.807) is 0 Å². The number of likely N-dealkylation sites (tertiary alicyclic amines) is 1. The molecule has 0 spiro atoms. The van der Waals surface area contributed by atoms with Crippen molar-refractivity contribution in [3.63, 3.8) is 0 Å². The van der Waals surface area contributed by atoms with Gasteiger partial charge < -0.3 is 10.6 Å². The highest BCUT2D eigenvalue weighted by atomic mass is 19.4. The van der Waals surface area contributed by atoms with Crippen LogP contribution >= 0.6 is 0 Å². The van der Waals surface area contributed by atoms with Gasteiger partial charge in [0.2, 0.25) is 0 Å². The van der Waals surface area contributed by atoms with Crippen LogP contribution < -0.4 is 5.73 Å². The lowest BCUT2D eigenvalue weighted by Gasteiger charge is -2.55. The Bertz CT molecular complexity index is 240. The topological polar surface area (TPSA) is 46.3 Å². The summed E-state index contributed by atoms with van der Waals surface area (Å²) in [6, 6.07) is -1.02. The molecule has 1 heterocycles. The monoisotopic (exact) mass is 196 g/mol. The van der Waals surface area contributed by atoms with E-state index in [4.69, 9.17) is 5.73 Å². The quantitative estimate of drug-likeness (QED) is 0.624. The number of primary amides is 1. The van der Waals surface area contributed by atoms with E-state index in [0.29, 0.717) is 4.90 Å². The molecule has 2 unspecified atom stereocenters. The summed E-state index contributed by atoms with van der Waals surface area (Å²) in [6.07, 6.45) is -4.42. The predicted molar refractivity (Wildman–Crippen MR) is 39.9 cm³/mol. The highest BCUT2D eigenvalue weighted by molar-refractivity contribution is 5.74. The zero-order valence-electron chi connectivity index (χ0n) is 7.35. The van der Waals surface area contributed by atoms with Crippen LogP contribution in [0.2, 0.25) is 0 Å². The van der Waals surface area contributed by atoms with E-state index in [-0.39, 0.29) is 6.54 Å². The lowest BCUT2D eigenvalue weighted by Crippen LogP contribution is -2.74. The molecule has 2 amide bonds. The fraction of sp³-hybridized carbons (Fsp3) is 0.857. The molecule has 0 aromatic rings. The van der Waals surface area contributed by atoms with Gasteiger partial charge in [-0.2, -0.15) is 13.2 Å². The number of carbonyl (C=O) groups is 1. The molecule has 2 N–H and O–H groups in total. The molecule has 1 aliphatic heterocycles. The maximum absolute atomic E-state index is 12.5. The van der Waals surface area contributed by atoms with E-state index in [0.717, 1.165) is 6.92 Å². The molecule has 3 nitrogen and oxygen atoms in total. The normalized spacial score (nSPS) is 34.2. The molecule has 13 heavy (non-hydrogen) atoms. The molecule has 0 aliphatic carbocycles. The molecule has 1 saturated heterocycles. The van der Waals surface area contributed by atoms with Crippen molar-refractivity contribution in [3.8, 4) is 0 Å². The maximum atomic E-state index is 12.5. The Morgan fingerprint density at radius 3 is 2.23 bits per heavy atom. The first kappa shape index (κ1) is 10.1. The van der Waals surface area contributed by atoms with Crippen molar-refractivity contribution in [2.24, 2.45) is 11.7 Å². The largest absolute Gasteiger partial charge is 0.411 e. The summed E-state index contributed by atoms with van der Waals surface area (Å²) in [5, 5.41) is 0. The summed E-state index contributed by atoms with van der Waals surface area (Å²) in [5.74, 6) is -0.597. The van der Waals surface area contributed by atoms with Crippen molar-refractivity contribution in [2.75, 3.05) is 6.54 Å². The Morgan fingerprint density at radius 1 is 1.62 bits per heavy atom. The molecule has 2 atom stereocenters. The van der Waals surface area contributed by atoms with Crippen LogP contribution in [0.4, 0.5) is 18.0 Å². The van der Waals surface area contributed by atoms with Crippen molar-refractivity contribution in [1.82, 2.24) is 4.90 Å². The van der Waals surface area contributed by atoms with Crippen LogP contribution in [0, 0.1) is 5.92 Å². The van der Waals surface area contributed by atoms with Crippen LogP contribution in [0.1, 0.15) is 13.8 Å². The zero-order valence-corrected chi connectivity index (χ0v) is 7.35. The smallest absolute Gasteiger partial charge is 0.351 e. The average molecular weight is 196 g/mol. The minimum absolute atomic E-state index is 0.0747. The van der Waals surface area contributed by atoms with Crippen LogP contribution in [0.5, 0.6) is 0 Å². The van der Waals surface area contributed by atoms with Crippen molar-refractivity contribution in [3.05, 3.63) is 0 Å². The van der Waals surface area contributed by atoms with Crippen LogP contribution in [0.25, 0.3) is 0 Å². The number of hydrogen-bond donors (Lipinski definition) is 1. The van der Waals surface area contributed by atoms with E-state index in [1.807, 2.05) is 0 Å². The number of carbonyl (C=O) groups excluding carboxylic acids is 1. The second-order valence-corrected chi connectivity index (χ2v) is 3.50. The molecule has 0 bridgehead atoms.